The third kappa shape index (κ3) is 6.05. The summed E-state index contributed by atoms with van der Waals surface area (Å²) in [6.07, 6.45) is 2.51. The zero-order valence-corrected chi connectivity index (χ0v) is 21.4. The fraction of sp³-hybridized carbons (Fsp3) is 0.0588. The number of halogens is 5. The first kappa shape index (κ1) is 24.1. The van der Waals surface area contributed by atoms with E-state index in [4.69, 9.17) is 27.6 Å². The highest BCUT2D eigenvalue weighted by atomic mass is 79.9. The van der Waals surface area contributed by atoms with Crippen molar-refractivity contribution in [1.29, 1.82) is 0 Å². The van der Waals surface area contributed by atoms with Gasteiger partial charge in [0.2, 0.25) is 14.9 Å². The van der Waals surface area contributed by atoms with Gasteiger partial charge in [0.05, 0.1) is 22.2 Å². The Bertz CT molecular complexity index is 1450. The number of fused-ring (bicyclic) bond motifs is 1. The van der Waals surface area contributed by atoms with Crippen molar-refractivity contribution in [3.05, 3.63) is 66.1 Å². The summed E-state index contributed by atoms with van der Waals surface area (Å²) in [6, 6.07) is 8.22. The summed E-state index contributed by atoms with van der Waals surface area (Å²) < 4.78 is 26.7. The number of aromatic nitrogens is 4. The number of nitrogens with zero attached hydrogens (tertiary/aromatic N) is 4. The monoisotopic (exact) mass is 628 g/mol. The van der Waals surface area contributed by atoms with E-state index in [1.165, 1.54) is 10.7 Å². The Labute approximate surface area is 206 Å². The minimum atomic E-state index is -3.19. The molecular formula is C17H9Br2Cl3N4O4S. The van der Waals surface area contributed by atoms with Gasteiger partial charge >= 0.3 is 5.63 Å². The second-order valence-corrected chi connectivity index (χ2v) is 11.4. The summed E-state index contributed by atoms with van der Waals surface area (Å²) in [7, 11) is 1.31. The highest BCUT2D eigenvalue weighted by molar-refractivity contribution is 9.10. The van der Waals surface area contributed by atoms with E-state index in [1.54, 1.807) is 30.5 Å². The van der Waals surface area contributed by atoms with Crippen LogP contribution in [0.1, 0.15) is 0 Å². The minimum Gasteiger partial charge on any atom is -0.401 e. The summed E-state index contributed by atoms with van der Waals surface area (Å²) in [5, 5.41) is 5.38. The van der Waals surface area contributed by atoms with Gasteiger partial charge in [-0.25, -0.2) is 27.9 Å². The summed E-state index contributed by atoms with van der Waals surface area (Å²) in [5.74, 6) is 0.458. The van der Waals surface area contributed by atoms with E-state index < -0.39 is 14.7 Å². The van der Waals surface area contributed by atoms with Crippen LogP contribution in [0.3, 0.4) is 0 Å². The lowest BCUT2D eigenvalue weighted by atomic mass is 10.2. The molecule has 8 nitrogen and oxygen atoms in total. The summed E-state index contributed by atoms with van der Waals surface area (Å²) in [4.78, 5) is 21.1. The van der Waals surface area contributed by atoms with E-state index in [9.17, 15) is 13.2 Å². The average Bonchev–Trinajstić information content (AvgIpc) is 3.03. The van der Waals surface area contributed by atoms with Crippen molar-refractivity contribution < 1.29 is 12.8 Å². The molecule has 0 aliphatic carbocycles. The molecule has 0 unspecified atom stereocenters. The van der Waals surface area contributed by atoms with Crippen molar-refractivity contribution in [3.8, 4) is 17.4 Å². The molecule has 0 fully saturated rings. The van der Waals surface area contributed by atoms with E-state index in [-0.39, 0.29) is 11.3 Å². The van der Waals surface area contributed by atoms with E-state index in [0.717, 1.165) is 6.26 Å². The molecule has 0 saturated heterocycles. The predicted molar refractivity (Wildman–Crippen MR) is 127 cm³/mol. The molecule has 0 aliphatic heterocycles. The van der Waals surface area contributed by atoms with Crippen molar-refractivity contribution in [3.63, 3.8) is 0 Å². The second-order valence-electron chi connectivity index (χ2n) is 5.84. The predicted octanol–water partition coefficient (Wildman–Crippen LogP) is 5.45. The topological polar surface area (TPSA) is 108 Å². The van der Waals surface area contributed by atoms with E-state index in [2.05, 4.69) is 57.6 Å². The number of hydrogen-bond donors (Lipinski definition) is 0. The van der Waals surface area contributed by atoms with Gasteiger partial charge < -0.3 is 4.42 Å². The fourth-order valence-corrected chi connectivity index (χ4v) is 3.89. The molecule has 0 radical (unpaired) electrons. The Morgan fingerprint density at radius 1 is 1.16 bits per heavy atom. The first-order chi connectivity index (χ1) is 14.4. The SMILES string of the molecule is CS(=O)(=O)Cl.O=c1oc(-c2cc(Br)nn2-c2ncccc2Cl)nc2c(Br)cc(Cl)cc12. The van der Waals surface area contributed by atoms with Crippen molar-refractivity contribution in [2.45, 2.75) is 0 Å². The summed E-state index contributed by atoms with van der Waals surface area (Å²) in [5.41, 5.74) is 0.277. The van der Waals surface area contributed by atoms with Gasteiger partial charge in [-0.3, -0.25) is 0 Å². The van der Waals surface area contributed by atoms with Crippen LogP contribution in [-0.4, -0.2) is 34.4 Å². The molecule has 0 atom stereocenters. The average molecular weight is 632 g/mol. The normalized spacial score (nSPS) is 11.3. The lowest BCUT2D eigenvalue weighted by Crippen LogP contribution is -2.07. The van der Waals surface area contributed by atoms with Crippen molar-refractivity contribution in [1.82, 2.24) is 19.7 Å². The lowest BCUT2D eigenvalue weighted by molar-refractivity contribution is 0.513. The van der Waals surface area contributed by atoms with Gasteiger partial charge in [0, 0.05) is 32.4 Å². The zero-order chi connectivity index (χ0) is 22.9. The Balaban J connectivity index is 0.000000491. The molecule has 162 valence electrons. The molecule has 31 heavy (non-hydrogen) atoms. The second kappa shape index (κ2) is 9.55. The maximum Gasteiger partial charge on any atom is 0.347 e. The van der Waals surface area contributed by atoms with Gasteiger partial charge in [0.25, 0.3) is 0 Å². The highest BCUT2D eigenvalue weighted by Crippen LogP contribution is 2.30. The van der Waals surface area contributed by atoms with Crippen LogP contribution in [0.25, 0.3) is 28.3 Å². The van der Waals surface area contributed by atoms with Crippen LogP contribution in [0, 0.1) is 0 Å². The number of benzene rings is 1. The fourth-order valence-electron chi connectivity index (χ4n) is 2.41. The van der Waals surface area contributed by atoms with Gasteiger partial charge in [-0.2, -0.15) is 5.10 Å². The third-order valence-corrected chi connectivity index (χ3v) is 4.99. The molecule has 0 bridgehead atoms. The van der Waals surface area contributed by atoms with Crippen molar-refractivity contribution in [2.75, 3.05) is 6.26 Å². The number of rotatable bonds is 2. The Hall–Kier alpha value is -1.50. The molecule has 3 heterocycles. The van der Waals surface area contributed by atoms with Crippen LogP contribution >= 0.6 is 65.7 Å². The minimum absolute atomic E-state index is 0.0745. The molecule has 0 aliphatic rings. The molecule has 4 rings (SSSR count). The number of pyridine rings is 1. The first-order valence-corrected chi connectivity index (χ1v) is 13.1. The standard InChI is InChI=1S/C16H6Br2Cl2N4O2.CH3ClO2S/c17-9-5-7(19)4-8-13(9)22-15(26-16(8)25)11-6-12(18)23-24(11)14-10(20)2-1-3-21-14;1-5(2,3)4/h1-6H;1H3. The van der Waals surface area contributed by atoms with Gasteiger partial charge in [0.15, 0.2) is 5.82 Å². The highest BCUT2D eigenvalue weighted by Gasteiger charge is 2.19. The molecule has 4 aromatic rings. The Morgan fingerprint density at radius 2 is 1.84 bits per heavy atom. The Morgan fingerprint density at radius 3 is 2.48 bits per heavy atom. The quantitative estimate of drug-likeness (QED) is 0.271. The van der Waals surface area contributed by atoms with Crippen molar-refractivity contribution in [2.24, 2.45) is 0 Å². The molecule has 0 amide bonds. The van der Waals surface area contributed by atoms with Crippen LogP contribution in [0.4, 0.5) is 0 Å². The first-order valence-electron chi connectivity index (χ1n) is 8.00. The maximum absolute atomic E-state index is 12.4. The van der Waals surface area contributed by atoms with Gasteiger partial charge in [-0.15, -0.1) is 0 Å². The van der Waals surface area contributed by atoms with Gasteiger partial charge in [-0.05, 0) is 56.1 Å². The van der Waals surface area contributed by atoms with Crippen molar-refractivity contribution >= 4 is 85.7 Å². The van der Waals surface area contributed by atoms with Crippen LogP contribution in [0.2, 0.25) is 10.0 Å². The molecule has 0 N–H and O–H groups in total. The third-order valence-electron chi connectivity index (χ3n) is 3.49. The smallest absolute Gasteiger partial charge is 0.347 e. The maximum atomic E-state index is 12.4. The zero-order valence-electron chi connectivity index (χ0n) is 15.2. The number of hydrogen-bond acceptors (Lipinski definition) is 7. The van der Waals surface area contributed by atoms with Crippen LogP contribution in [-0.2, 0) is 9.05 Å². The van der Waals surface area contributed by atoms with Crippen LogP contribution in [0.5, 0.6) is 0 Å². The summed E-state index contributed by atoms with van der Waals surface area (Å²) >= 11 is 18.9. The lowest BCUT2D eigenvalue weighted by Gasteiger charge is -2.07. The molecule has 3 aromatic heterocycles. The Kier molecular flexibility index (Phi) is 7.44. The van der Waals surface area contributed by atoms with E-state index >= 15 is 0 Å². The molecule has 14 heteroatoms. The molecular weight excluding hydrogens is 622 g/mol. The van der Waals surface area contributed by atoms with Gasteiger partial charge in [0.1, 0.15) is 10.3 Å². The molecule has 0 saturated carbocycles. The van der Waals surface area contributed by atoms with E-state index in [1.807, 2.05) is 0 Å². The summed E-state index contributed by atoms with van der Waals surface area (Å²) in [6.45, 7) is 0. The van der Waals surface area contributed by atoms with Crippen LogP contribution in [0.15, 0.2) is 54.8 Å². The molecule has 0 spiro atoms. The van der Waals surface area contributed by atoms with Gasteiger partial charge in [-0.1, -0.05) is 23.2 Å². The largest absolute Gasteiger partial charge is 0.401 e. The van der Waals surface area contributed by atoms with Crippen LogP contribution < -0.4 is 5.63 Å². The molecule has 1 aromatic carbocycles. The van der Waals surface area contributed by atoms with E-state index in [0.29, 0.717) is 36.1 Å².